The van der Waals surface area contributed by atoms with Gasteiger partial charge < -0.3 is 14.5 Å². The number of nitrogens with one attached hydrogen (secondary N) is 1. The van der Waals surface area contributed by atoms with Gasteiger partial charge in [-0.25, -0.2) is 9.78 Å². The largest absolute Gasteiger partial charge is 0.461 e. The molecule has 0 aliphatic carbocycles. The zero-order valence-corrected chi connectivity index (χ0v) is 18.2. The van der Waals surface area contributed by atoms with E-state index >= 15 is 0 Å². The summed E-state index contributed by atoms with van der Waals surface area (Å²) in [7, 11) is 0. The summed E-state index contributed by atoms with van der Waals surface area (Å²) in [4.78, 5) is 31.7. The molecule has 4 rings (SSSR count). The number of rotatable bonds is 6. The molecule has 2 heterocycles. The highest BCUT2D eigenvalue weighted by Crippen LogP contribution is 2.39. The third-order valence-electron chi connectivity index (χ3n) is 5.27. The Balaban J connectivity index is 1.85. The van der Waals surface area contributed by atoms with Crippen molar-refractivity contribution in [2.24, 2.45) is 0 Å². The second kappa shape index (κ2) is 9.06. The van der Waals surface area contributed by atoms with E-state index in [0.717, 1.165) is 33.4 Å². The molecule has 0 aliphatic heterocycles. The van der Waals surface area contributed by atoms with E-state index in [1.165, 1.54) is 6.92 Å². The van der Waals surface area contributed by atoms with Gasteiger partial charge in [0.25, 0.3) is 0 Å². The van der Waals surface area contributed by atoms with E-state index in [1.807, 2.05) is 54.6 Å². The Morgan fingerprint density at radius 2 is 1.81 bits per heavy atom. The van der Waals surface area contributed by atoms with Gasteiger partial charge in [-0.15, -0.1) is 0 Å². The predicted octanol–water partition coefficient (Wildman–Crippen LogP) is 5.48. The standard InChI is InChI=1S/C26H24N2O4/c1-4-31-26(30)22-12-8-11-21(27-22)16(2)24-20-14-13-19(32-17(3)29)15-23(20)28-25(24)18-9-6-5-7-10-18/h5-16,28H,4H2,1-3H3. The fraction of sp³-hybridized carbons (Fsp3) is 0.192. The van der Waals surface area contributed by atoms with Crippen LogP contribution in [0.1, 0.15) is 48.4 Å². The van der Waals surface area contributed by atoms with Gasteiger partial charge >= 0.3 is 11.9 Å². The molecule has 162 valence electrons. The summed E-state index contributed by atoms with van der Waals surface area (Å²) in [6.07, 6.45) is 0. The van der Waals surface area contributed by atoms with Crippen molar-refractivity contribution in [1.82, 2.24) is 9.97 Å². The number of hydrogen-bond acceptors (Lipinski definition) is 5. The third-order valence-corrected chi connectivity index (χ3v) is 5.27. The summed E-state index contributed by atoms with van der Waals surface area (Å²) in [5.41, 5.74) is 4.93. The van der Waals surface area contributed by atoms with E-state index in [2.05, 4.69) is 16.9 Å². The van der Waals surface area contributed by atoms with Crippen LogP contribution in [0.5, 0.6) is 5.75 Å². The molecule has 2 aromatic carbocycles. The van der Waals surface area contributed by atoms with Crippen molar-refractivity contribution in [3.63, 3.8) is 0 Å². The van der Waals surface area contributed by atoms with E-state index < -0.39 is 5.97 Å². The number of H-pyrrole nitrogens is 1. The normalized spacial score (nSPS) is 11.8. The van der Waals surface area contributed by atoms with Crippen LogP contribution >= 0.6 is 0 Å². The number of esters is 2. The number of benzene rings is 2. The number of fused-ring (bicyclic) bond motifs is 1. The zero-order chi connectivity index (χ0) is 22.7. The van der Waals surface area contributed by atoms with Crippen molar-refractivity contribution in [2.75, 3.05) is 6.61 Å². The van der Waals surface area contributed by atoms with Crippen LogP contribution in [-0.2, 0) is 9.53 Å². The van der Waals surface area contributed by atoms with Crippen LogP contribution in [0.3, 0.4) is 0 Å². The first kappa shape index (κ1) is 21.3. The van der Waals surface area contributed by atoms with E-state index in [9.17, 15) is 9.59 Å². The fourth-order valence-electron chi connectivity index (χ4n) is 3.87. The minimum atomic E-state index is -0.435. The van der Waals surface area contributed by atoms with Crippen molar-refractivity contribution < 1.29 is 19.1 Å². The van der Waals surface area contributed by atoms with Crippen molar-refractivity contribution >= 4 is 22.8 Å². The Hall–Kier alpha value is -3.93. The van der Waals surface area contributed by atoms with Gasteiger partial charge in [0, 0.05) is 35.5 Å². The maximum absolute atomic E-state index is 12.2. The average Bonchev–Trinajstić information content (AvgIpc) is 3.17. The van der Waals surface area contributed by atoms with Crippen molar-refractivity contribution in [1.29, 1.82) is 0 Å². The zero-order valence-electron chi connectivity index (χ0n) is 18.2. The maximum Gasteiger partial charge on any atom is 0.356 e. The van der Waals surface area contributed by atoms with Crippen LogP contribution in [-0.4, -0.2) is 28.5 Å². The predicted molar refractivity (Wildman–Crippen MR) is 123 cm³/mol. The summed E-state index contributed by atoms with van der Waals surface area (Å²) in [6, 6.07) is 21.0. The number of nitrogens with zero attached hydrogens (tertiary/aromatic N) is 1. The molecule has 1 unspecified atom stereocenters. The lowest BCUT2D eigenvalue weighted by atomic mass is 9.91. The SMILES string of the molecule is CCOC(=O)c1cccc(C(C)c2c(-c3ccccc3)[nH]c3cc(OC(C)=O)ccc23)n1. The summed E-state index contributed by atoms with van der Waals surface area (Å²) in [6.45, 7) is 5.51. The average molecular weight is 428 g/mol. The Morgan fingerprint density at radius 3 is 2.53 bits per heavy atom. The molecule has 2 aromatic heterocycles. The lowest BCUT2D eigenvalue weighted by molar-refractivity contribution is -0.131. The van der Waals surface area contributed by atoms with Gasteiger partial charge in [0.15, 0.2) is 0 Å². The quantitative estimate of drug-likeness (QED) is 0.325. The van der Waals surface area contributed by atoms with Gasteiger partial charge in [0.1, 0.15) is 11.4 Å². The molecule has 0 bridgehead atoms. The lowest BCUT2D eigenvalue weighted by Gasteiger charge is -2.15. The molecule has 6 nitrogen and oxygen atoms in total. The Morgan fingerprint density at radius 1 is 1.03 bits per heavy atom. The summed E-state index contributed by atoms with van der Waals surface area (Å²) < 4.78 is 10.4. The smallest absolute Gasteiger partial charge is 0.356 e. The van der Waals surface area contributed by atoms with Crippen LogP contribution in [0.15, 0.2) is 66.7 Å². The van der Waals surface area contributed by atoms with Crippen molar-refractivity contribution in [3.05, 3.63) is 83.7 Å². The van der Waals surface area contributed by atoms with Crippen LogP contribution < -0.4 is 4.74 Å². The molecule has 0 aliphatic rings. The first-order valence-corrected chi connectivity index (χ1v) is 10.5. The number of carbonyl (C=O) groups is 2. The monoisotopic (exact) mass is 428 g/mol. The number of hydrogen-bond donors (Lipinski definition) is 1. The molecule has 1 atom stereocenters. The summed E-state index contributed by atoms with van der Waals surface area (Å²) >= 11 is 0. The van der Waals surface area contributed by atoms with Crippen LogP contribution in [0.4, 0.5) is 0 Å². The molecule has 0 fully saturated rings. The molecule has 0 amide bonds. The molecule has 0 saturated heterocycles. The Bertz CT molecular complexity index is 1280. The summed E-state index contributed by atoms with van der Waals surface area (Å²) in [5.74, 6) is -0.442. The first-order chi connectivity index (χ1) is 15.5. The van der Waals surface area contributed by atoms with Crippen LogP contribution in [0.25, 0.3) is 22.2 Å². The Kier molecular flexibility index (Phi) is 6.03. The Labute approximate surface area is 186 Å². The van der Waals surface area contributed by atoms with Gasteiger partial charge in [-0.3, -0.25) is 4.79 Å². The van der Waals surface area contributed by atoms with E-state index in [4.69, 9.17) is 9.47 Å². The molecule has 6 heteroatoms. The number of aromatic nitrogens is 2. The van der Waals surface area contributed by atoms with Gasteiger partial charge in [0.05, 0.1) is 12.3 Å². The van der Waals surface area contributed by atoms with Gasteiger partial charge in [0.2, 0.25) is 0 Å². The molecular weight excluding hydrogens is 404 g/mol. The highest BCUT2D eigenvalue weighted by atomic mass is 16.5. The molecule has 1 N–H and O–H groups in total. The minimum Gasteiger partial charge on any atom is -0.461 e. The minimum absolute atomic E-state index is 0.118. The molecular formula is C26H24N2O4. The first-order valence-electron chi connectivity index (χ1n) is 10.5. The van der Waals surface area contributed by atoms with Crippen molar-refractivity contribution in [3.8, 4) is 17.0 Å². The number of aromatic amines is 1. The molecule has 0 saturated carbocycles. The van der Waals surface area contributed by atoms with E-state index in [-0.39, 0.29) is 17.6 Å². The van der Waals surface area contributed by atoms with Crippen LogP contribution in [0, 0.1) is 0 Å². The van der Waals surface area contributed by atoms with Gasteiger partial charge in [-0.1, -0.05) is 43.3 Å². The number of pyridine rings is 1. The fourth-order valence-corrected chi connectivity index (χ4v) is 3.87. The van der Waals surface area contributed by atoms with Gasteiger partial charge in [-0.2, -0.15) is 0 Å². The van der Waals surface area contributed by atoms with E-state index in [0.29, 0.717) is 12.4 Å². The van der Waals surface area contributed by atoms with Gasteiger partial charge in [-0.05, 0) is 42.3 Å². The third kappa shape index (κ3) is 4.25. The highest BCUT2D eigenvalue weighted by molar-refractivity contribution is 5.93. The number of carbonyl (C=O) groups excluding carboxylic acids is 2. The topological polar surface area (TPSA) is 81.3 Å². The molecule has 4 aromatic rings. The highest BCUT2D eigenvalue weighted by Gasteiger charge is 2.22. The van der Waals surface area contributed by atoms with E-state index in [1.54, 1.807) is 19.1 Å². The second-order valence-corrected chi connectivity index (χ2v) is 7.47. The molecule has 0 spiro atoms. The molecule has 0 radical (unpaired) electrons. The van der Waals surface area contributed by atoms with Crippen LogP contribution in [0.2, 0.25) is 0 Å². The maximum atomic E-state index is 12.2. The van der Waals surface area contributed by atoms with Crippen molar-refractivity contribution in [2.45, 2.75) is 26.7 Å². The summed E-state index contributed by atoms with van der Waals surface area (Å²) in [5, 5.41) is 0.996. The number of ether oxygens (including phenoxy) is 2. The lowest BCUT2D eigenvalue weighted by Crippen LogP contribution is -2.10. The molecule has 32 heavy (non-hydrogen) atoms. The second-order valence-electron chi connectivity index (χ2n) is 7.47.